The molecule has 1 heterocycles. The minimum Gasteiger partial charge on any atom is -0.491 e. The van der Waals surface area contributed by atoms with Crippen molar-refractivity contribution in [3.8, 4) is 22.6 Å². The van der Waals surface area contributed by atoms with Gasteiger partial charge in [-0.25, -0.2) is 8.42 Å². The summed E-state index contributed by atoms with van der Waals surface area (Å²) >= 11 is 0. The lowest BCUT2D eigenvalue weighted by atomic mass is 10.0. The zero-order valence-electron chi connectivity index (χ0n) is 17.2. The van der Waals surface area contributed by atoms with Gasteiger partial charge in [0.1, 0.15) is 24.7 Å². The van der Waals surface area contributed by atoms with E-state index in [2.05, 4.69) is 0 Å². The monoisotopic (exact) mass is 479 g/mol. The molecule has 0 unspecified atom stereocenters. The molecule has 3 aromatic carbocycles. The average Bonchev–Trinajstić information content (AvgIpc) is 2.81. The molecule has 0 aliphatic carbocycles. The molecule has 0 radical (unpaired) electrons. The second-order valence-electron chi connectivity index (χ2n) is 7.23. The lowest BCUT2D eigenvalue weighted by Gasteiger charge is -2.31. The third kappa shape index (κ3) is 4.76. The summed E-state index contributed by atoms with van der Waals surface area (Å²) in [5, 5.41) is 8.94. The van der Waals surface area contributed by atoms with E-state index >= 15 is 0 Å². The first-order valence-electron chi connectivity index (χ1n) is 10.0. The number of fused-ring (bicyclic) bond motifs is 1. The Labute approximate surface area is 188 Å². The summed E-state index contributed by atoms with van der Waals surface area (Å²) in [7, 11) is -4.28. The Morgan fingerprint density at radius 3 is 2.52 bits per heavy atom. The summed E-state index contributed by atoms with van der Waals surface area (Å²) in [6.07, 6.45) is -4.66. The minimum atomic E-state index is -4.66. The Kier molecular flexibility index (Phi) is 6.22. The number of aliphatic hydroxyl groups excluding tert-OH is 1. The van der Waals surface area contributed by atoms with Gasteiger partial charge in [0, 0.05) is 0 Å². The molecule has 0 amide bonds. The fourth-order valence-electron chi connectivity index (χ4n) is 3.51. The second kappa shape index (κ2) is 8.95. The van der Waals surface area contributed by atoms with Crippen LogP contribution in [-0.4, -0.2) is 39.9 Å². The van der Waals surface area contributed by atoms with Crippen LogP contribution < -0.4 is 13.8 Å². The van der Waals surface area contributed by atoms with E-state index in [1.165, 1.54) is 0 Å². The van der Waals surface area contributed by atoms with E-state index < -0.39 is 26.7 Å². The van der Waals surface area contributed by atoms with Crippen molar-refractivity contribution in [1.82, 2.24) is 0 Å². The molecule has 174 valence electrons. The van der Waals surface area contributed by atoms with E-state index in [0.717, 1.165) is 28.1 Å². The van der Waals surface area contributed by atoms with E-state index in [9.17, 15) is 21.6 Å². The lowest BCUT2D eigenvalue weighted by Crippen LogP contribution is -2.38. The topological polar surface area (TPSA) is 76.1 Å². The molecule has 0 spiro atoms. The molecular formula is C23H20F3NO5S. The first kappa shape index (κ1) is 22.9. The Balaban J connectivity index is 1.73. The second-order valence-corrected chi connectivity index (χ2v) is 9.10. The molecule has 3 aromatic rings. The first-order valence-corrected chi connectivity index (χ1v) is 11.4. The summed E-state index contributed by atoms with van der Waals surface area (Å²) in [5.74, 6) is 0.845. The van der Waals surface area contributed by atoms with Crippen molar-refractivity contribution in [3.05, 3.63) is 72.3 Å². The molecule has 0 saturated heterocycles. The number of halogens is 3. The molecule has 0 saturated carbocycles. The maximum Gasteiger partial charge on any atom is 0.416 e. The maximum absolute atomic E-state index is 13.3. The number of benzene rings is 3. The minimum absolute atomic E-state index is 0.0469. The number of rotatable bonds is 6. The van der Waals surface area contributed by atoms with Crippen molar-refractivity contribution >= 4 is 15.7 Å². The van der Waals surface area contributed by atoms with Gasteiger partial charge in [0.2, 0.25) is 0 Å². The normalized spacial score (nSPS) is 13.9. The van der Waals surface area contributed by atoms with Gasteiger partial charge in [-0.05, 0) is 53.6 Å². The predicted molar refractivity (Wildman–Crippen MR) is 116 cm³/mol. The Morgan fingerprint density at radius 2 is 1.76 bits per heavy atom. The van der Waals surface area contributed by atoms with Crippen LogP contribution in [0.15, 0.2) is 71.6 Å². The molecule has 6 nitrogen and oxygen atoms in total. The maximum atomic E-state index is 13.3. The molecule has 1 N–H and O–H groups in total. The Hall–Kier alpha value is -3.24. The molecule has 10 heteroatoms. The number of nitrogens with zero attached hydrogens (tertiary/aromatic N) is 1. The highest BCUT2D eigenvalue weighted by atomic mass is 32.2. The zero-order chi connectivity index (χ0) is 23.6. The number of alkyl halides is 3. The molecular weight excluding hydrogens is 459 g/mol. The standard InChI is InChI=1S/C23H20F3NO5S/c24-23(25,26)18-4-2-6-20(15-18)33(29,30)27-9-11-32-22-8-7-17(14-21(22)27)16-3-1-5-19(13-16)31-12-10-28/h1-8,13-15,28H,9-12H2. The number of ether oxygens (including phenoxy) is 2. The molecule has 1 aliphatic rings. The van der Waals surface area contributed by atoms with Crippen molar-refractivity contribution in [1.29, 1.82) is 0 Å². The van der Waals surface area contributed by atoms with Gasteiger partial charge in [-0.1, -0.05) is 24.3 Å². The van der Waals surface area contributed by atoms with Gasteiger partial charge in [0.05, 0.1) is 29.3 Å². The Morgan fingerprint density at radius 1 is 1.00 bits per heavy atom. The van der Waals surface area contributed by atoms with Gasteiger partial charge in [-0.3, -0.25) is 4.31 Å². The van der Waals surface area contributed by atoms with Crippen LogP contribution in [0.1, 0.15) is 5.56 Å². The fraction of sp³-hybridized carbons (Fsp3) is 0.217. The summed E-state index contributed by atoms with van der Waals surface area (Å²) in [5.41, 5.74) is 0.594. The third-order valence-corrected chi connectivity index (χ3v) is 6.87. The number of hydrogen-bond acceptors (Lipinski definition) is 5. The molecule has 0 fully saturated rings. The van der Waals surface area contributed by atoms with Crippen molar-refractivity contribution < 1.29 is 36.2 Å². The largest absolute Gasteiger partial charge is 0.491 e. The summed E-state index contributed by atoms with van der Waals surface area (Å²) in [6, 6.07) is 15.7. The molecule has 0 bridgehead atoms. The number of anilines is 1. The highest BCUT2D eigenvalue weighted by Crippen LogP contribution is 2.39. The first-order chi connectivity index (χ1) is 15.7. The number of sulfonamides is 1. The van der Waals surface area contributed by atoms with Gasteiger partial charge >= 0.3 is 6.18 Å². The smallest absolute Gasteiger partial charge is 0.416 e. The SMILES string of the molecule is O=S(=O)(c1cccc(C(F)(F)F)c1)N1CCOc2ccc(-c3cccc(OCCO)c3)cc21. The van der Waals surface area contributed by atoms with E-state index in [-0.39, 0.29) is 32.1 Å². The molecule has 0 atom stereocenters. The highest BCUT2D eigenvalue weighted by Gasteiger charge is 2.34. The summed E-state index contributed by atoms with van der Waals surface area (Å²) in [6.45, 7) is 0.0109. The highest BCUT2D eigenvalue weighted by molar-refractivity contribution is 7.92. The van der Waals surface area contributed by atoms with Gasteiger partial charge in [0.15, 0.2) is 0 Å². The third-order valence-electron chi connectivity index (χ3n) is 5.06. The number of aliphatic hydroxyl groups is 1. The summed E-state index contributed by atoms with van der Waals surface area (Å²) < 4.78 is 78.1. The predicted octanol–water partition coefficient (Wildman–Crippen LogP) is 4.33. The van der Waals surface area contributed by atoms with Crippen LogP contribution in [0, 0.1) is 0 Å². The van der Waals surface area contributed by atoms with Crippen molar-refractivity contribution in [3.63, 3.8) is 0 Å². The number of hydrogen-bond donors (Lipinski definition) is 1. The quantitative estimate of drug-likeness (QED) is 0.570. The van der Waals surface area contributed by atoms with Crippen LogP contribution in [0.5, 0.6) is 11.5 Å². The molecule has 33 heavy (non-hydrogen) atoms. The van der Waals surface area contributed by atoms with Crippen LogP contribution in [0.25, 0.3) is 11.1 Å². The van der Waals surface area contributed by atoms with Crippen molar-refractivity contribution in [2.45, 2.75) is 11.1 Å². The van der Waals surface area contributed by atoms with Crippen LogP contribution in [0.4, 0.5) is 18.9 Å². The fourth-order valence-corrected chi connectivity index (χ4v) is 5.01. The van der Waals surface area contributed by atoms with Crippen molar-refractivity contribution in [2.75, 3.05) is 30.7 Å². The van der Waals surface area contributed by atoms with E-state index in [0.29, 0.717) is 23.1 Å². The Bertz CT molecular complexity index is 1260. The van der Waals surface area contributed by atoms with Crippen LogP contribution >= 0.6 is 0 Å². The van der Waals surface area contributed by atoms with Crippen molar-refractivity contribution in [2.24, 2.45) is 0 Å². The van der Waals surface area contributed by atoms with Crippen LogP contribution in [-0.2, 0) is 16.2 Å². The molecule has 1 aliphatic heterocycles. The molecule has 0 aromatic heterocycles. The van der Waals surface area contributed by atoms with E-state index in [1.54, 1.807) is 36.4 Å². The van der Waals surface area contributed by atoms with Gasteiger partial charge in [-0.2, -0.15) is 13.2 Å². The van der Waals surface area contributed by atoms with Crippen LogP contribution in [0.3, 0.4) is 0 Å². The van der Waals surface area contributed by atoms with Crippen LogP contribution in [0.2, 0.25) is 0 Å². The summed E-state index contributed by atoms with van der Waals surface area (Å²) in [4.78, 5) is -0.449. The van der Waals surface area contributed by atoms with Gasteiger partial charge in [-0.15, -0.1) is 0 Å². The lowest BCUT2D eigenvalue weighted by molar-refractivity contribution is -0.137. The van der Waals surface area contributed by atoms with Gasteiger partial charge in [0.25, 0.3) is 10.0 Å². The van der Waals surface area contributed by atoms with E-state index in [4.69, 9.17) is 14.6 Å². The van der Waals surface area contributed by atoms with Gasteiger partial charge < -0.3 is 14.6 Å². The average molecular weight is 479 g/mol. The zero-order valence-corrected chi connectivity index (χ0v) is 18.1. The molecule has 4 rings (SSSR count). The van der Waals surface area contributed by atoms with E-state index in [1.807, 2.05) is 6.07 Å².